The number of nitrogens with zero attached hydrogens (tertiary/aromatic N) is 4. The van der Waals surface area contributed by atoms with E-state index in [-0.39, 0.29) is 31.7 Å². The Morgan fingerprint density at radius 2 is 1.77 bits per heavy atom. The van der Waals surface area contributed by atoms with Crippen molar-refractivity contribution in [1.82, 2.24) is 9.80 Å². The van der Waals surface area contributed by atoms with Crippen molar-refractivity contribution in [2.75, 3.05) is 44.3 Å². The molecule has 0 radical (unpaired) electrons. The number of halogens is 4. The second-order valence-electron chi connectivity index (χ2n) is 7.71. The number of benzene rings is 2. The molecule has 0 unspecified atom stereocenters. The minimum atomic E-state index is -4.27. The topological polar surface area (TPSA) is 39.2 Å². The fourth-order valence-electron chi connectivity index (χ4n) is 3.92. The summed E-state index contributed by atoms with van der Waals surface area (Å²) in [5.41, 5.74) is 2.70. The summed E-state index contributed by atoms with van der Waals surface area (Å²) in [5.74, 6) is -1.13. The molecule has 0 atom stereocenters. The summed E-state index contributed by atoms with van der Waals surface area (Å²) < 4.78 is 52.1. The molecular weight excluding hydrogens is 412 g/mol. The maximum Gasteiger partial charge on any atom is 0.401 e. The second kappa shape index (κ2) is 8.66. The summed E-state index contributed by atoms with van der Waals surface area (Å²) in [6.45, 7) is 0.385. The highest BCUT2D eigenvalue weighted by atomic mass is 19.4. The smallest absolute Gasteiger partial charge is 0.347 e. The van der Waals surface area contributed by atoms with Crippen LogP contribution in [-0.4, -0.2) is 67.5 Å². The number of fused-ring (bicyclic) bond motifs is 1. The van der Waals surface area contributed by atoms with E-state index in [0.29, 0.717) is 13.2 Å². The molecule has 2 aliphatic rings. The van der Waals surface area contributed by atoms with Gasteiger partial charge in [0.25, 0.3) is 5.91 Å². The summed E-state index contributed by atoms with van der Waals surface area (Å²) >= 11 is 0. The molecule has 5 nitrogen and oxygen atoms in total. The zero-order valence-corrected chi connectivity index (χ0v) is 16.8. The van der Waals surface area contributed by atoms with E-state index in [2.05, 4.69) is 4.99 Å². The first-order chi connectivity index (χ1) is 14.8. The number of carbonyl (C=O) groups excluding carboxylic acids is 1. The van der Waals surface area contributed by atoms with Crippen molar-refractivity contribution in [2.24, 2.45) is 4.99 Å². The van der Waals surface area contributed by atoms with Gasteiger partial charge >= 0.3 is 6.18 Å². The largest absolute Gasteiger partial charge is 0.401 e. The zero-order valence-electron chi connectivity index (χ0n) is 16.8. The van der Waals surface area contributed by atoms with E-state index in [0.717, 1.165) is 16.8 Å². The lowest BCUT2D eigenvalue weighted by atomic mass is 10.1. The maximum atomic E-state index is 14.4. The molecule has 2 heterocycles. The third-order valence-electron chi connectivity index (χ3n) is 5.46. The highest BCUT2D eigenvalue weighted by molar-refractivity contribution is 5.95. The Kier molecular flexibility index (Phi) is 5.95. The van der Waals surface area contributed by atoms with E-state index < -0.39 is 24.4 Å². The van der Waals surface area contributed by atoms with Gasteiger partial charge in [-0.05, 0) is 23.8 Å². The van der Waals surface area contributed by atoms with Crippen molar-refractivity contribution in [1.29, 1.82) is 0 Å². The molecule has 0 bridgehead atoms. The number of amides is 1. The van der Waals surface area contributed by atoms with E-state index in [4.69, 9.17) is 0 Å². The third kappa shape index (κ3) is 5.04. The van der Waals surface area contributed by atoms with Crippen LogP contribution >= 0.6 is 0 Å². The fraction of sp³-hybridized carbons (Fsp3) is 0.364. The number of carbonyl (C=O) groups is 1. The monoisotopic (exact) mass is 434 g/mol. The molecule has 164 valence electrons. The standard InChI is InChI=1S/C22H22F4N4O/c23-19-6-5-16(13-30-15-27-12-17-3-1-2-4-20(17)30)11-18(19)21(31)29-9-7-28(8-10-29)14-22(24,25)26/h1-6,11-12H,7-10,13-15H2. The van der Waals surface area contributed by atoms with E-state index in [1.54, 1.807) is 6.07 Å². The zero-order chi connectivity index (χ0) is 22.0. The van der Waals surface area contributed by atoms with Crippen molar-refractivity contribution in [3.8, 4) is 0 Å². The minimum absolute atomic E-state index is 0.0597. The van der Waals surface area contributed by atoms with Gasteiger partial charge in [-0.1, -0.05) is 24.3 Å². The molecule has 1 fully saturated rings. The van der Waals surface area contributed by atoms with Crippen molar-refractivity contribution in [3.63, 3.8) is 0 Å². The molecule has 0 aromatic heterocycles. The van der Waals surface area contributed by atoms with E-state index >= 15 is 0 Å². The maximum absolute atomic E-state index is 14.4. The van der Waals surface area contributed by atoms with Crippen molar-refractivity contribution >= 4 is 17.8 Å². The van der Waals surface area contributed by atoms with Crippen LogP contribution in [0.4, 0.5) is 23.2 Å². The molecule has 0 spiro atoms. The molecule has 4 rings (SSSR count). The Bertz CT molecular complexity index is 984. The summed E-state index contributed by atoms with van der Waals surface area (Å²) in [6, 6.07) is 12.2. The van der Waals surface area contributed by atoms with Crippen LogP contribution in [-0.2, 0) is 6.54 Å². The van der Waals surface area contributed by atoms with Crippen LogP contribution in [0.2, 0.25) is 0 Å². The van der Waals surface area contributed by atoms with Crippen LogP contribution < -0.4 is 4.90 Å². The van der Waals surface area contributed by atoms with E-state index in [1.165, 1.54) is 21.9 Å². The van der Waals surface area contributed by atoms with E-state index in [1.807, 2.05) is 35.4 Å². The Hall–Kier alpha value is -2.94. The van der Waals surface area contributed by atoms with Gasteiger partial charge in [0.1, 0.15) is 12.5 Å². The molecule has 2 aromatic rings. The number of aliphatic imine (C=N–C) groups is 1. The lowest BCUT2D eigenvalue weighted by Gasteiger charge is -2.35. The van der Waals surface area contributed by atoms with Crippen LogP contribution in [0.5, 0.6) is 0 Å². The van der Waals surface area contributed by atoms with Gasteiger partial charge < -0.3 is 9.80 Å². The van der Waals surface area contributed by atoms with Gasteiger partial charge in [0.15, 0.2) is 0 Å². The summed E-state index contributed by atoms with van der Waals surface area (Å²) in [4.78, 5) is 21.9. The number of hydrogen-bond donors (Lipinski definition) is 0. The van der Waals surface area contributed by atoms with Crippen LogP contribution in [0, 0.1) is 5.82 Å². The highest BCUT2D eigenvalue weighted by Crippen LogP contribution is 2.25. The van der Waals surface area contributed by atoms with Crippen molar-refractivity contribution < 1.29 is 22.4 Å². The van der Waals surface area contributed by atoms with Gasteiger partial charge in [-0.15, -0.1) is 0 Å². The highest BCUT2D eigenvalue weighted by Gasteiger charge is 2.33. The van der Waals surface area contributed by atoms with Crippen LogP contribution in [0.3, 0.4) is 0 Å². The molecule has 0 N–H and O–H groups in total. The number of piperazine rings is 1. The number of hydrogen-bond acceptors (Lipinski definition) is 4. The summed E-state index contributed by atoms with van der Waals surface area (Å²) in [7, 11) is 0. The Balaban J connectivity index is 1.45. The van der Waals surface area contributed by atoms with E-state index in [9.17, 15) is 22.4 Å². The number of rotatable bonds is 4. The third-order valence-corrected chi connectivity index (χ3v) is 5.46. The predicted molar refractivity (Wildman–Crippen MR) is 110 cm³/mol. The molecule has 0 saturated carbocycles. The first kappa shape index (κ1) is 21.3. The molecule has 9 heteroatoms. The van der Waals surface area contributed by atoms with Crippen LogP contribution in [0.25, 0.3) is 0 Å². The Morgan fingerprint density at radius 3 is 2.52 bits per heavy atom. The van der Waals surface area contributed by atoms with Gasteiger partial charge in [0.2, 0.25) is 0 Å². The minimum Gasteiger partial charge on any atom is -0.347 e. The van der Waals surface area contributed by atoms with Crippen LogP contribution in [0.15, 0.2) is 47.5 Å². The lowest BCUT2D eigenvalue weighted by Crippen LogP contribution is -2.51. The first-order valence-electron chi connectivity index (χ1n) is 10.0. The summed E-state index contributed by atoms with van der Waals surface area (Å²) in [6.07, 6.45) is -2.46. The van der Waals surface area contributed by atoms with Gasteiger partial charge in [0.05, 0.1) is 12.1 Å². The number of anilines is 1. The Labute approximate surface area is 177 Å². The molecule has 31 heavy (non-hydrogen) atoms. The van der Waals surface area contributed by atoms with Crippen molar-refractivity contribution in [2.45, 2.75) is 12.7 Å². The number of para-hydroxylation sites is 1. The normalized spacial score (nSPS) is 17.0. The second-order valence-corrected chi connectivity index (χ2v) is 7.71. The first-order valence-corrected chi connectivity index (χ1v) is 10.0. The number of alkyl halides is 3. The van der Waals surface area contributed by atoms with Gasteiger partial charge in [0, 0.05) is 50.2 Å². The van der Waals surface area contributed by atoms with Gasteiger partial charge in [-0.2, -0.15) is 13.2 Å². The average Bonchev–Trinajstić information content (AvgIpc) is 2.74. The molecule has 2 aliphatic heterocycles. The van der Waals surface area contributed by atoms with Gasteiger partial charge in [-0.3, -0.25) is 14.7 Å². The molecule has 1 amide bonds. The molecule has 2 aromatic carbocycles. The quantitative estimate of drug-likeness (QED) is 0.691. The Morgan fingerprint density at radius 1 is 1.03 bits per heavy atom. The predicted octanol–water partition coefficient (Wildman–Crippen LogP) is 3.54. The SMILES string of the molecule is O=C(c1cc(CN2CN=Cc3ccccc32)ccc1F)N1CCN(CC(F)(F)F)CC1. The molecule has 0 aliphatic carbocycles. The van der Waals surface area contributed by atoms with Gasteiger partial charge in [-0.25, -0.2) is 4.39 Å². The molecular formula is C22H22F4N4O. The fourth-order valence-corrected chi connectivity index (χ4v) is 3.92. The molecule has 1 saturated heterocycles. The average molecular weight is 434 g/mol. The lowest BCUT2D eigenvalue weighted by molar-refractivity contribution is -0.148. The summed E-state index contributed by atoms with van der Waals surface area (Å²) in [5, 5.41) is 0. The van der Waals surface area contributed by atoms with Crippen molar-refractivity contribution in [3.05, 3.63) is 65.0 Å². The van der Waals surface area contributed by atoms with Crippen LogP contribution in [0.1, 0.15) is 21.5 Å².